The Labute approximate surface area is 165 Å². The summed E-state index contributed by atoms with van der Waals surface area (Å²) >= 11 is 0. The molecule has 28 heavy (non-hydrogen) atoms. The maximum absolute atomic E-state index is 13.3. The van der Waals surface area contributed by atoms with Crippen LogP contribution in [0.4, 0.5) is 5.69 Å². The van der Waals surface area contributed by atoms with E-state index < -0.39 is 43.7 Å². The van der Waals surface area contributed by atoms with Crippen LogP contribution < -0.4 is 5.32 Å². The van der Waals surface area contributed by atoms with Gasteiger partial charge in [-0.2, -0.15) is 0 Å². The second-order valence-electron chi connectivity index (χ2n) is 8.74. The Morgan fingerprint density at radius 1 is 1.07 bits per heavy atom. The van der Waals surface area contributed by atoms with Crippen LogP contribution in [0, 0.1) is 23.2 Å². The van der Waals surface area contributed by atoms with Crippen LogP contribution in [0.2, 0.25) is 0 Å². The van der Waals surface area contributed by atoms with Crippen molar-refractivity contribution in [2.45, 2.75) is 45.4 Å². The third kappa shape index (κ3) is 2.30. The number of carbonyl (C=O) groups excluding carboxylic acids is 3. The Kier molecular flexibility index (Phi) is 4.41. The lowest BCUT2D eigenvalue weighted by atomic mass is 9.64. The van der Waals surface area contributed by atoms with Crippen LogP contribution in [0.5, 0.6) is 0 Å². The van der Waals surface area contributed by atoms with E-state index in [9.17, 15) is 22.8 Å². The Hall–Kier alpha value is -2.06. The molecule has 8 heteroatoms. The number of rotatable bonds is 4. The molecule has 0 aliphatic heterocycles. The van der Waals surface area contributed by atoms with Crippen LogP contribution in [0.1, 0.15) is 39.2 Å². The van der Waals surface area contributed by atoms with Gasteiger partial charge in [-0.3, -0.25) is 14.4 Å². The zero-order valence-corrected chi connectivity index (χ0v) is 17.9. The molecule has 0 unspecified atom stereocenters. The molecule has 1 aromatic carbocycles. The number of sulfonamides is 1. The number of hydrogen-bond acceptors (Lipinski definition) is 5. The van der Waals surface area contributed by atoms with Crippen LogP contribution in [-0.4, -0.2) is 44.3 Å². The fourth-order valence-corrected chi connectivity index (χ4v) is 5.54. The topological polar surface area (TPSA) is 101 Å². The lowest BCUT2D eigenvalue weighted by Gasteiger charge is -2.37. The number of Topliss-reactive ketones (excluding diaryl/α,β-unsaturated/α-hetero) is 2. The number of fused-ring (bicyclic) bond motifs is 2. The van der Waals surface area contributed by atoms with Gasteiger partial charge in [0.25, 0.3) is 0 Å². The zero-order chi connectivity index (χ0) is 21.3. The highest BCUT2D eigenvalue weighted by molar-refractivity contribution is 7.89. The molecule has 7 nitrogen and oxygen atoms in total. The molecule has 152 valence electrons. The van der Waals surface area contributed by atoms with Crippen LogP contribution in [0.15, 0.2) is 23.1 Å². The highest BCUT2D eigenvalue weighted by Crippen LogP contribution is 2.69. The summed E-state index contributed by atoms with van der Waals surface area (Å²) in [6.07, 6.45) is 0.785. The van der Waals surface area contributed by atoms with Gasteiger partial charge in [0.05, 0.1) is 4.90 Å². The van der Waals surface area contributed by atoms with Gasteiger partial charge in [0.2, 0.25) is 27.5 Å². The summed E-state index contributed by atoms with van der Waals surface area (Å²) in [4.78, 5) is 38.8. The Bertz CT molecular complexity index is 1010. The number of nitrogens with zero attached hydrogens (tertiary/aromatic N) is 1. The number of nitrogens with one attached hydrogen (secondary N) is 1. The lowest BCUT2D eigenvalue weighted by molar-refractivity contribution is -0.147. The number of anilines is 1. The van der Waals surface area contributed by atoms with Crippen molar-refractivity contribution in [2.24, 2.45) is 16.2 Å². The monoisotopic (exact) mass is 406 g/mol. The molecule has 2 fully saturated rings. The molecule has 0 radical (unpaired) electrons. The molecule has 1 amide bonds. The van der Waals surface area contributed by atoms with Crippen molar-refractivity contribution in [2.75, 3.05) is 19.4 Å². The van der Waals surface area contributed by atoms with Gasteiger partial charge in [-0.15, -0.1) is 0 Å². The first-order valence-electron chi connectivity index (χ1n) is 9.17. The van der Waals surface area contributed by atoms with Gasteiger partial charge in [0.15, 0.2) is 0 Å². The maximum atomic E-state index is 13.3. The minimum absolute atomic E-state index is 0.0419. The molecule has 2 bridgehead atoms. The predicted molar refractivity (Wildman–Crippen MR) is 104 cm³/mol. The van der Waals surface area contributed by atoms with Crippen LogP contribution in [0.25, 0.3) is 0 Å². The average molecular weight is 407 g/mol. The molecule has 2 aliphatic rings. The van der Waals surface area contributed by atoms with Crippen molar-refractivity contribution in [1.29, 1.82) is 0 Å². The van der Waals surface area contributed by atoms with E-state index in [-0.39, 0.29) is 4.90 Å². The summed E-state index contributed by atoms with van der Waals surface area (Å²) in [5.74, 6) is -1.67. The van der Waals surface area contributed by atoms with E-state index in [2.05, 4.69) is 5.32 Å². The van der Waals surface area contributed by atoms with E-state index >= 15 is 0 Å². The van der Waals surface area contributed by atoms with Crippen molar-refractivity contribution in [3.05, 3.63) is 23.8 Å². The lowest BCUT2D eigenvalue weighted by Crippen LogP contribution is -2.47. The molecule has 1 N–H and O–H groups in total. The van der Waals surface area contributed by atoms with E-state index in [0.717, 1.165) is 4.31 Å². The van der Waals surface area contributed by atoms with E-state index in [1.54, 1.807) is 33.8 Å². The van der Waals surface area contributed by atoms with Gasteiger partial charge >= 0.3 is 0 Å². The first-order chi connectivity index (χ1) is 12.7. The number of carbonyl (C=O) groups is 3. The Morgan fingerprint density at radius 3 is 2.18 bits per heavy atom. The van der Waals surface area contributed by atoms with Gasteiger partial charge in [-0.1, -0.05) is 26.8 Å². The van der Waals surface area contributed by atoms with Crippen molar-refractivity contribution < 1.29 is 22.8 Å². The van der Waals surface area contributed by atoms with Crippen molar-refractivity contribution in [1.82, 2.24) is 4.31 Å². The average Bonchev–Trinajstić information content (AvgIpc) is 2.88. The molecule has 2 saturated carbocycles. The second kappa shape index (κ2) is 5.97. The van der Waals surface area contributed by atoms with Gasteiger partial charge in [-0.25, -0.2) is 12.7 Å². The molecule has 0 saturated heterocycles. The molecule has 0 heterocycles. The summed E-state index contributed by atoms with van der Waals surface area (Å²) in [6, 6.07) is 4.47. The Morgan fingerprint density at radius 2 is 1.68 bits per heavy atom. The summed E-state index contributed by atoms with van der Waals surface area (Å²) < 4.78 is 25.9. The van der Waals surface area contributed by atoms with E-state index in [4.69, 9.17) is 0 Å². The van der Waals surface area contributed by atoms with E-state index in [0.29, 0.717) is 24.1 Å². The molecular formula is C20H26N2O5S. The minimum atomic E-state index is -3.67. The van der Waals surface area contributed by atoms with Crippen molar-refractivity contribution >= 4 is 33.2 Å². The van der Waals surface area contributed by atoms with E-state index in [1.165, 1.54) is 26.2 Å². The Balaban J connectivity index is 2.03. The first kappa shape index (κ1) is 20.7. The zero-order valence-electron chi connectivity index (χ0n) is 17.0. The van der Waals surface area contributed by atoms with Gasteiger partial charge in [-0.05, 0) is 42.9 Å². The standard InChI is InChI=1S/C20H26N2O5S/c1-12-7-8-13(28(26,27)22(5)6)11-14(12)21-17(25)20-10-9-19(4,18(20,2)3)15(23)16(20)24/h7-8,11H,9-10H2,1-6H3,(H,21,25)/t19-,20+/m1/s1. The summed E-state index contributed by atoms with van der Waals surface area (Å²) in [7, 11) is -0.819. The maximum Gasteiger partial charge on any atom is 0.242 e. The number of aryl methyl sites for hydroxylation is 1. The largest absolute Gasteiger partial charge is 0.325 e. The third-order valence-electron chi connectivity index (χ3n) is 7.16. The highest BCUT2D eigenvalue weighted by atomic mass is 32.2. The molecule has 1 aromatic rings. The molecule has 2 atom stereocenters. The number of amides is 1. The summed E-state index contributed by atoms with van der Waals surface area (Å²) in [6.45, 7) is 7.08. The number of hydrogen-bond donors (Lipinski definition) is 1. The minimum Gasteiger partial charge on any atom is -0.325 e. The second-order valence-corrected chi connectivity index (χ2v) is 10.9. The molecule has 3 rings (SSSR count). The van der Waals surface area contributed by atoms with Crippen LogP contribution >= 0.6 is 0 Å². The quantitative estimate of drug-likeness (QED) is 0.610. The van der Waals surface area contributed by atoms with Gasteiger partial charge in [0.1, 0.15) is 5.41 Å². The first-order valence-corrected chi connectivity index (χ1v) is 10.6. The third-order valence-corrected chi connectivity index (χ3v) is 8.98. The molecular weight excluding hydrogens is 380 g/mol. The van der Waals surface area contributed by atoms with Crippen molar-refractivity contribution in [3.8, 4) is 0 Å². The number of benzene rings is 1. The van der Waals surface area contributed by atoms with Crippen molar-refractivity contribution in [3.63, 3.8) is 0 Å². The SMILES string of the molecule is Cc1ccc(S(=O)(=O)N(C)C)cc1NC(=O)[C@]12CC[C@](C)(C(=O)C1=O)C2(C)C. The molecule has 2 aliphatic carbocycles. The van der Waals surface area contributed by atoms with Gasteiger partial charge < -0.3 is 5.32 Å². The summed E-state index contributed by atoms with van der Waals surface area (Å²) in [5, 5.41) is 2.75. The number of ketones is 2. The normalized spacial score (nSPS) is 28.8. The van der Waals surface area contributed by atoms with Gasteiger partial charge in [0, 0.05) is 25.2 Å². The van der Waals surface area contributed by atoms with E-state index in [1.807, 2.05) is 0 Å². The predicted octanol–water partition coefficient (Wildman–Crippen LogP) is 2.15. The highest BCUT2D eigenvalue weighted by Gasteiger charge is 2.77. The van der Waals surface area contributed by atoms with Crippen LogP contribution in [-0.2, 0) is 24.4 Å². The van der Waals surface area contributed by atoms with Crippen LogP contribution in [0.3, 0.4) is 0 Å². The molecule has 0 aromatic heterocycles. The molecule has 0 spiro atoms. The smallest absolute Gasteiger partial charge is 0.242 e. The fraction of sp³-hybridized carbons (Fsp3) is 0.550. The fourth-order valence-electron chi connectivity index (χ4n) is 4.61. The summed E-state index contributed by atoms with van der Waals surface area (Å²) in [5.41, 5.74) is -2.12.